The fourth-order valence-corrected chi connectivity index (χ4v) is 2.71. The molecule has 0 aliphatic heterocycles. The van der Waals surface area contributed by atoms with Gasteiger partial charge in [-0.3, -0.25) is 0 Å². The summed E-state index contributed by atoms with van der Waals surface area (Å²) in [6.07, 6.45) is 1.71. The number of benzene rings is 1. The summed E-state index contributed by atoms with van der Waals surface area (Å²) in [7, 11) is 0. The Labute approximate surface area is 144 Å². The summed E-state index contributed by atoms with van der Waals surface area (Å²) < 4.78 is 19.0. The van der Waals surface area contributed by atoms with Gasteiger partial charge in [0.15, 0.2) is 0 Å². The van der Waals surface area contributed by atoms with Crippen molar-refractivity contribution in [1.82, 2.24) is 15.0 Å². The molecule has 1 unspecified atom stereocenters. The molecule has 0 amide bonds. The summed E-state index contributed by atoms with van der Waals surface area (Å²) in [6, 6.07) is 5.56. The Morgan fingerprint density at radius 1 is 1.25 bits per heavy atom. The molecule has 1 aromatic carbocycles. The van der Waals surface area contributed by atoms with Gasteiger partial charge in [-0.25, -0.2) is 4.39 Å². The molecule has 5 heteroatoms. The molecule has 4 nitrogen and oxygen atoms in total. The van der Waals surface area contributed by atoms with Crippen LogP contribution in [0.4, 0.5) is 4.39 Å². The third-order valence-electron chi connectivity index (χ3n) is 4.68. The standard InChI is InChI=1S/C19H28FN3O/c1-6-23(15(5)13(2)3)11-7-8-18-21-19(22-24-18)16-10-9-14(4)17(20)12-16/h9-10,12-13,15H,6-8,11H2,1-5H3. The first-order chi connectivity index (χ1) is 11.4. The summed E-state index contributed by atoms with van der Waals surface area (Å²) >= 11 is 0. The molecule has 0 aliphatic carbocycles. The van der Waals surface area contributed by atoms with Gasteiger partial charge in [-0.2, -0.15) is 4.98 Å². The van der Waals surface area contributed by atoms with E-state index in [1.165, 1.54) is 6.07 Å². The predicted molar refractivity (Wildman–Crippen MR) is 94.3 cm³/mol. The van der Waals surface area contributed by atoms with Crippen LogP contribution in [-0.4, -0.2) is 34.2 Å². The van der Waals surface area contributed by atoms with E-state index in [9.17, 15) is 4.39 Å². The van der Waals surface area contributed by atoms with Crippen molar-refractivity contribution >= 4 is 0 Å². The van der Waals surface area contributed by atoms with E-state index in [2.05, 4.69) is 42.7 Å². The van der Waals surface area contributed by atoms with Crippen LogP contribution in [0.25, 0.3) is 11.4 Å². The number of hydrogen-bond acceptors (Lipinski definition) is 4. The average molecular weight is 333 g/mol. The lowest BCUT2D eigenvalue weighted by Gasteiger charge is -2.30. The molecule has 0 fully saturated rings. The molecule has 0 bridgehead atoms. The van der Waals surface area contributed by atoms with E-state index >= 15 is 0 Å². The fourth-order valence-electron chi connectivity index (χ4n) is 2.71. The zero-order valence-corrected chi connectivity index (χ0v) is 15.3. The summed E-state index contributed by atoms with van der Waals surface area (Å²) in [5, 5.41) is 3.97. The first kappa shape index (κ1) is 18.6. The Hall–Kier alpha value is -1.75. The molecule has 1 heterocycles. The zero-order chi connectivity index (χ0) is 17.7. The molecule has 0 N–H and O–H groups in total. The highest BCUT2D eigenvalue weighted by molar-refractivity contribution is 5.54. The minimum absolute atomic E-state index is 0.250. The third-order valence-corrected chi connectivity index (χ3v) is 4.68. The van der Waals surface area contributed by atoms with E-state index in [1.54, 1.807) is 13.0 Å². The first-order valence-electron chi connectivity index (χ1n) is 8.75. The van der Waals surface area contributed by atoms with Crippen molar-refractivity contribution in [3.63, 3.8) is 0 Å². The Balaban J connectivity index is 1.93. The minimum Gasteiger partial charge on any atom is -0.339 e. The smallest absolute Gasteiger partial charge is 0.227 e. The van der Waals surface area contributed by atoms with Crippen LogP contribution in [-0.2, 0) is 6.42 Å². The number of rotatable bonds is 8. The van der Waals surface area contributed by atoms with Crippen molar-refractivity contribution in [2.45, 2.75) is 53.5 Å². The van der Waals surface area contributed by atoms with Gasteiger partial charge in [-0.05, 0) is 50.9 Å². The average Bonchev–Trinajstić information content (AvgIpc) is 3.02. The van der Waals surface area contributed by atoms with Gasteiger partial charge in [0, 0.05) is 18.0 Å². The van der Waals surface area contributed by atoms with E-state index in [1.807, 2.05) is 6.07 Å². The molecule has 2 rings (SSSR count). The number of aryl methyl sites for hydroxylation is 2. The van der Waals surface area contributed by atoms with E-state index in [0.29, 0.717) is 34.8 Å². The van der Waals surface area contributed by atoms with Gasteiger partial charge in [0.1, 0.15) is 5.82 Å². The van der Waals surface area contributed by atoms with Crippen LogP contribution in [0.2, 0.25) is 0 Å². The number of halogens is 1. The SMILES string of the molecule is CCN(CCCc1nc(-c2ccc(C)c(F)c2)no1)C(C)C(C)C. The van der Waals surface area contributed by atoms with E-state index in [4.69, 9.17) is 4.52 Å². The Morgan fingerprint density at radius 2 is 2.00 bits per heavy atom. The van der Waals surface area contributed by atoms with Gasteiger partial charge in [0.2, 0.25) is 11.7 Å². The maximum atomic E-state index is 13.7. The van der Waals surface area contributed by atoms with Crippen LogP contribution in [0, 0.1) is 18.7 Å². The van der Waals surface area contributed by atoms with Crippen LogP contribution in [0.3, 0.4) is 0 Å². The molecule has 1 aromatic heterocycles. The van der Waals surface area contributed by atoms with Crippen molar-refractivity contribution in [1.29, 1.82) is 0 Å². The lowest BCUT2D eigenvalue weighted by molar-refractivity contribution is 0.173. The largest absolute Gasteiger partial charge is 0.339 e. The Kier molecular flexibility index (Phi) is 6.49. The highest BCUT2D eigenvalue weighted by Crippen LogP contribution is 2.19. The molecule has 1 atom stereocenters. The number of nitrogens with zero attached hydrogens (tertiary/aromatic N) is 3. The monoisotopic (exact) mass is 333 g/mol. The van der Waals surface area contributed by atoms with E-state index < -0.39 is 0 Å². The predicted octanol–water partition coefficient (Wildman–Crippen LogP) is 4.48. The van der Waals surface area contributed by atoms with Crippen LogP contribution in [0.15, 0.2) is 22.7 Å². The fraction of sp³-hybridized carbons (Fsp3) is 0.579. The summed E-state index contributed by atoms with van der Waals surface area (Å²) in [6.45, 7) is 12.7. The molecule has 0 saturated carbocycles. The number of hydrogen-bond donors (Lipinski definition) is 0. The van der Waals surface area contributed by atoms with E-state index in [-0.39, 0.29) is 5.82 Å². The quantitative estimate of drug-likeness (QED) is 0.714. The topological polar surface area (TPSA) is 42.2 Å². The van der Waals surface area contributed by atoms with Gasteiger partial charge < -0.3 is 9.42 Å². The highest BCUT2D eigenvalue weighted by atomic mass is 19.1. The van der Waals surface area contributed by atoms with Crippen LogP contribution < -0.4 is 0 Å². The van der Waals surface area contributed by atoms with Gasteiger partial charge in [-0.15, -0.1) is 0 Å². The summed E-state index contributed by atoms with van der Waals surface area (Å²) in [5.74, 6) is 1.45. The maximum Gasteiger partial charge on any atom is 0.227 e. The van der Waals surface area contributed by atoms with Crippen molar-refractivity contribution in [3.8, 4) is 11.4 Å². The zero-order valence-electron chi connectivity index (χ0n) is 15.3. The normalized spacial score (nSPS) is 13.0. The molecule has 0 radical (unpaired) electrons. The lowest BCUT2D eigenvalue weighted by atomic mass is 10.0. The van der Waals surface area contributed by atoms with Crippen molar-refractivity contribution in [3.05, 3.63) is 35.5 Å². The maximum absolute atomic E-state index is 13.7. The molecule has 24 heavy (non-hydrogen) atoms. The summed E-state index contributed by atoms with van der Waals surface area (Å²) in [5.41, 5.74) is 1.26. The second kappa shape index (κ2) is 8.38. The van der Waals surface area contributed by atoms with Crippen LogP contribution in [0.5, 0.6) is 0 Å². The molecule has 0 saturated heterocycles. The van der Waals surface area contributed by atoms with Crippen molar-refractivity contribution < 1.29 is 8.91 Å². The van der Waals surface area contributed by atoms with Crippen molar-refractivity contribution in [2.75, 3.05) is 13.1 Å². The second-order valence-corrected chi connectivity index (χ2v) is 6.69. The molecule has 2 aromatic rings. The van der Waals surface area contributed by atoms with Gasteiger partial charge in [0.05, 0.1) is 0 Å². The van der Waals surface area contributed by atoms with Gasteiger partial charge in [-0.1, -0.05) is 38.1 Å². The lowest BCUT2D eigenvalue weighted by Crippen LogP contribution is -2.37. The molecule has 0 aliphatic rings. The Bertz CT molecular complexity index is 654. The molecular formula is C19H28FN3O. The number of aromatic nitrogens is 2. The highest BCUT2D eigenvalue weighted by Gasteiger charge is 2.16. The van der Waals surface area contributed by atoms with Crippen LogP contribution >= 0.6 is 0 Å². The molecule has 0 spiro atoms. The molecule has 132 valence electrons. The van der Waals surface area contributed by atoms with E-state index in [0.717, 1.165) is 25.9 Å². The van der Waals surface area contributed by atoms with Gasteiger partial charge >= 0.3 is 0 Å². The Morgan fingerprint density at radius 3 is 2.62 bits per heavy atom. The minimum atomic E-state index is -0.250. The second-order valence-electron chi connectivity index (χ2n) is 6.69. The van der Waals surface area contributed by atoms with Gasteiger partial charge in [0.25, 0.3) is 0 Å². The first-order valence-corrected chi connectivity index (χ1v) is 8.75. The van der Waals surface area contributed by atoms with Crippen molar-refractivity contribution in [2.24, 2.45) is 5.92 Å². The molecular weight excluding hydrogens is 305 g/mol. The van der Waals surface area contributed by atoms with Crippen LogP contribution in [0.1, 0.15) is 45.6 Å². The third kappa shape index (κ3) is 4.63. The summed E-state index contributed by atoms with van der Waals surface area (Å²) in [4.78, 5) is 6.86.